The number of nitrogens with zero attached hydrogens (tertiary/aromatic N) is 2. The summed E-state index contributed by atoms with van der Waals surface area (Å²) >= 11 is 0. The lowest BCUT2D eigenvalue weighted by Gasteiger charge is -2.26. The first kappa shape index (κ1) is 26.6. The summed E-state index contributed by atoms with van der Waals surface area (Å²) in [5, 5.41) is 9.50. The topological polar surface area (TPSA) is 68.8 Å². The fraction of sp³-hybridized carbons (Fsp3) is 0.619. The van der Waals surface area contributed by atoms with Crippen LogP contribution in [0.1, 0.15) is 51.8 Å². The van der Waals surface area contributed by atoms with Crippen molar-refractivity contribution >= 4 is 35.8 Å². The first-order valence-corrected chi connectivity index (χ1v) is 9.74. The third-order valence-electron chi connectivity index (χ3n) is 4.10. The molecule has 0 aromatic heterocycles. The van der Waals surface area contributed by atoms with Gasteiger partial charge in [-0.15, -0.1) is 24.0 Å². The Kier molecular flexibility index (Phi) is 12.4. The molecule has 0 spiro atoms. The number of carbonyl (C=O) groups excluding carboxylic acids is 1. The van der Waals surface area contributed by atoms with Gasteiger partial charge in [0.15, 0.2) is 5.96 Å². The molecule has 0 heterocycles. The van der Waals surface area contributed by atoms with E-state index in [0.717, 1.165) is 13.0 Å². The summed E-state index contributed by atoms with van der Waals surface area (Å²) in [4.78, 5) is 18.6. The van der Waals surface area contributed by atoms with E-state index in [-0.39, 0.29) is 48.0 Å². The highest BCUT2D eigenvalue weighted by Crippen LogP contribution is 2.18. The lowest BCUT2D eigenvalue weighted by atomic mass is 10.0. The number of halogens is 1. The zero-order valence-electron chi connectivity index (χ0n) is 18.4. The molecule has 3 N–H and O–H groups in total. The molecule has 6 nitrogen and oxygen atoms in total. The van der Waals surface area contributed by atoms with Crippen LogP contribution in [0, 0.1) is 0 Å². The van der Waals surface area contributed by atoms with E-state index in [2.05, 4.69) is 71.1 Å². The Bertz CT molecular complexity index is 608. The number of nitrogens with one attached hydrogen (secondary N) is 3. The Balaban J connectivity index is 0.00000729. The second kappa shape index (κ2) is 13.0. The minimum Gasteiger partial charge on any atom is -0.357 e. The lowest BCUT2D eigenvalue weighted by Crippen LogP contribution is -2.44. The van der Waals surface area contributed by atoms with Crippen LogP contribution < -0.4 is 16.0 Å². The van der Waals surface area contributed by atoms with Crippen molar-refractivity contribution in [3.05, 3.63) is 35.4 Å². The molecular weight excluding hydrogens is 465 g/mol. The van der Waals surface area contributed by atoms with Gasteiger partial charge in [-0.3, -0.25) is 4.79 Å². The van der Waals surface area contributed by atoms with Crippen LogP contribution in [0.5, 0.6) is 0 Å². The van der Waals surface area contributed by atoms with Crippen molar-refractivity contribution < 1.29 is 4.79 Å². The molecular formula is C21H38IN5O. The third kappa shape index (κ3) is 10.3. The van der Waals surface area contributed by atoms with Crippen LogP contribution in [0.25, 0.3) is 0 Å². The molecule has 0 saturated heterocycles. The SMILES string of the molecule is CCNC(=NCC(=O)NC(C)(C)C)NCC(c1ccc(CC)cc1)N(C)C.I. The molecule has 1 amide bonds. The highest BCUT2D eigenvalue weighted by molar-refractivity contribution is 14.0. The molecule has 160 valence electrons. The zero-order valence-corrected chi connectivity index (χ0v) is 20.8. The van der Waals surface area contributed by atoms with E-state index in [4.69, 9.17) is 0 Å². The van der Waals surface area contributed by atoms with E-state index in [0.29, 0.717) is 12.5 Å². The number of likely N-dealkylation sites (N-methyl/N-ethyl adjacent to an activating group) is 1. The highest BCUT2D eigenvalue weighted by atomic mass is 127. The second-order valence-electron chi connectivity index (χ2n) is 7.95. The van der Waals surface area contributed by atoms with Crippen molar-refractivity contribution in [2.45, 2.75) is 52.6 Å². The van der Waals surface area contributed by atoms with Gasteiger partial charge >= 0.3 is 0 Å². The van der Waals surface area contributed by atoms with Gasteiger partial charge in [-0.05, 0) is 59.3 Å². The molecule has 0 aliphatic rings. The van der Waals surface area contributed by atoms with Gasteiger partial charge in [-0.25, -0.2) is 4.99 Å². The minimum atomic E-state index is -0.251. The average molecular weight is 503 g/mol. The maximum absolute atomic E-state index is 12.0. The van der Waals surface area contributed by atoms with Crippen LogP contribution in [0.15, 0.2) is 29.3 Å². The molecule has 7 heteroatoms. The summed E-state index contributed by atoms with van der Waals surface area (Å²) < 4.78 is 0. The number of benzene rings is 1. The molecule has 28 heavy (non-hydrogen) atoms. The second-order valence-corrected chi connectivity index (χ2v) is 7.95. The molecule has 0 aliphatic carbocycles. The third-order valence-corrected chi connectivity index (χ3v) is 4.10. The molecule has 1 aromatic carbocycles. The number of aryl methyl sites for hydroxylation is 1. The molecule has 0 saturated carbocycles. The van der Waals surface area contributed by atoms with Crippen molar-refractivity contribution in [3.63, 3.8) is 0 Å². The van der Waals surface area contributed by atoms with Gasteiger partial charge < -0.3 is 20.9 Å². The van der Waals surface area contributed by atoms with Gasteiger partial charge in [0.1, 0.15) is 6.54 Å². The van der Waals surface area contributed by atoms with Gasteiger partial charge in [0.2, 0.25) is 5.91 Å². The van der Waals surface area contributed by atoms with Crippen LogP contribution in [0.4, 0.5) is 0 Å². The van der Waals surface area contributed by atoms with Gasteiger partial charge in [-0.2, -0.15) is 0 Å². The molecule has 1 aromatic rings. The van der Waals surface area contributed by atoms with Gasteiger partial charge in [-0.1, -0.05) is 31.2 Å². The standard InChI is InChI=1S/C21H37N5O.HI/c1-8-16-10-12-17(13-11-16)18(26(6)7)14-23-20(22-9-2)24-15-19(27)25-21(3,4)5;/h10-13,18H,8-9,14-15H2,1-7H3,(H,25,27)(H2,22,23,24);1H. The van der Waals surface area contributed by atoms with Gasteiger partial charge in [0, 0.05) is 18.6 Å². The molecule has 0 aliphatic heterocycles. The largest absolute Gasteiger partial charge is 0.357 e. The maximum Gasteiger partial charge on any atom is 0.242 e. The van der Waals surface area contributed by atoms with E-state index in [9.17, 15) is 4.79 Å². The summed E-state index contributed by atoms with van der Waals surface area (Å²) in [5.41, 5.74) is 2.34. The van der Waals surface area contributed by atoms with Crippen LogP contribution in [0.2, 0.25) is 0 Å². The van der Waals surface area contributed by atoms with Crippen molar-refractivity contribution in [2.24, 2.45) is 4.99 Å². The number of carbonyl (C=O) groups is 1. The van der Waals surface area contributed by atoms with Crippen LogP contribution in [-0.2, 0) is 11.2 Å². The lowest BCUT2D eigenvalue weighted by molar-refractivity contribution is -0.121. The molecule has 1 atom stereocenters. The van der Waals surface area contributed by atoms with Crippen molar-refractivity contribution in [1.82, 2.24) is 20.9 Å². The predicted octanol–water partition coefficient (Wildman–Crippen LogP) is 2.94. The van der Waals surface area contributed by atoms with Crippen LogP contribution >= 0.6 is 24.0 Å². The number of amides is 1. The van der Waals surface area contributed by atoms with E-state index in [1.54, 1.807) is 0 Å². The Morgan fingerprint density at radius 1 is 1.11 bits per heavy atom. The van der Waals surface area contributed by atoms with Crippen molar-refractivity contribution in [2.75, 3.05) is 33.7 Å². The number of rotatable bonds is 8. The van der Waals surface area contributed by atoms with Crippen LogP contribution in [0.3, 0.4) is 0 Å². The number of aliphatic imine (C=N–C) groups is 1. The van der Waals surface area contributed by atoms with E-state index in [1.165, 1.54) is 11.1 Å². The van der Waals surface area contributed by atoms with Crippen LogP contribution in [-0.4, -0.2) is 56.0 Å². The molecule has 0 radical (unpaired) electrons. The molecule has 1 unspecified atom stereocenters. The first-order chi connectivity index (χ1) is 12.7. The van der Waals surface area contributed by atoms with Gasteiger partial charge in [0.25, 0.3) is 0 Å². The monoisotopic (exact) mass is 503 g/mol. The Morgan fingerprint density at radius 2 is 1.71 bits per heavy atom. The predicted molar refractivity (Wildman–Crippen MR) is 130 cm³/mol. The average Bonchev–Trinajstić information content (AvgIpc) is 2.58. The highest BCUT2D eigenvalue weighted by Gasteiger charge is 2.16. The molecule has 0 fully saturated rings. The van der Waals surface area contributed by atoms with E-state index >= 15 is 0 Å². The van der Waals surface area contributed by atoms with E-state index < -0.39 is 0 Å². The number of hydrogen-bond acceptors (Lipinski definition) is 3. The quantitative estimate of drug-likeness (QED) is 0.290. The van der Waals surface area contributed by atoms with Crippen molar-refractivity contribution in [3.8, 4) is 0 Å². The normalized spacial score (nSPS) is 12.9. The number of guanidine groups is 1. The first-order valence-electron chi connectivity index (χ1n) is 9.74. The van der Waals surface area contributed by atoms with E-state index in [1.807, 2.05) is 27.7 Å². The summed E-state index contributed by atoms with van der Waals surface area (Å²) in [6.45, 7) is 11.6. The summed E-state index contributed by atoms with van der Waals surface area (Å²) in [7, 11) is 4.14. The molecule has 0 bridgehead atoms. The Labute approximate surface area is 188 Å². The van der Waals surface area contributed by atoms with Gasteiger partial charge in [0.05, 0.1) is 6.04 Å². The maximum atomic E-state index is 12.0. The number of hydrogen-bond donors (Lipinski definition) is 3. The summed E-state index contributed by atoms with van der Waals surface area (Å²) in [6, 6.07) is 8.95. The Morgan fingerprint density at radius 3 is 2.18 bits per heavy atom. The fourth-order valence-electron chi connectivity index (χ4n) is 2.72. The molecule has 1 rings (SSSR count). The Hall–Kier alpha value is -1.35. The summed E-state index contributed by atoms with van der Waals surface area (Å²) in [6.07, 6.45) is 1.04. The smallest absolute Gasteiger partial charge is 0.242 e. The summed E-state index contributed by atoms with van der Waals surface area (Å²) in [5.74, 6) is 0.567. The zero-order chi connectivity index (χ0) is 20.4. The minimum absolute atomic E-state index is 0. The fourth-order valence-corrected chi connectivity index (χ4v) is 2.72. The van der Waals surface area contributed by atoms with Crippen molar-refractivity contribution in [1.29, 1.82) is 0 Å².